The van der Waals surface area contributed by atoms with Crippen LogP contribution in [-0.4, -0.2) is 12.4 Å². The number of benzene rings is 1. The van der Waals surface area contributed by atoms with Crippen molar-refractivity contribution in [3.63, 3.8) is 0 Å². The molecule has 0 aliphatic rings. The lowest BCUT2D eigenvalue weighted by Crippen LogP contribution is -2.11. The van der Waals surface area contributed by atoms with Crippen molar-refractivity contribution in [1.82, 2.24) is 0 Å². The van der Waals surface area contributed by atoms with E-state index in [2.05, 4.69) is 15.9 Å². The Bertz CT molecular complexity index is 613. The third-order valence-electron chi connectivity index (χ3n) is 2.55. The van der Waals surface area contributed by atoms with Crippen LogP contribution in [0.1, 0.15) is 17.4 Å². The lowest BCUT2D eigenvalue weighted by atomic mass is 10.2. The average molecular weight is 355 g/mol. The smallest absolute Gasteiger partial charge is 0.161 e. The molecule has 0 aliphatic heterocycles. The maximum atomic E-state index is 7.45. The van der Waals surface area contributed by atoms with Crippen LogP contribution in [0.25, 0.3) is 0 Å². The molecule has 20 heavy (non-hydrogen) atoms. The van der Waals surface area contributed by atoms with Crippen molar-refractivity contribution < 1.29 is 9.47 Å². The molecule has 106 valence electrons. The number of nitrogens with two attached hydrogens (primary N) is 1. The van der Waals surface area contributed by atoms with Crippen LogP contribution in [0.2, 0.25) is 0 Å². The normalized spacial score (nSPS) is 10.3. The van der Waals surface area contributed by atoms with Gasteiger partial charge in [0.05, 0.1) is 6.61 Å². The number of amidine groups is 1. The fourth-order valence-corrected chi connectivity index (χ4v) is 3.00. The van der Waals surface area contributed by atoms with Gasteiger partial charge < -0.3 is 15.2 Å². The standard InChI is InChI=1S/C14H15BrN2O2S/c1-2-18-13-5-9(14(16)17)3-4-12(13)19-7-11-6-10(15)8-20-11/h3-6,8H,2,7H2,1H3,(H3,16,17). The summed E-state index contributed by atoms with van der Waals surface area (Å²) in [5, 5.41) is 9.47. The van der Waals surface area contributed by atoms with Gasteiger partial charge in [-0.05, 0) is 47.1 Å². The zero-order valence-corrected chi connectivity index (χ0v) is 13.4. The number of hydrogen-bond acceptors (Lipinski definition) is 4. The minimum absolute atomic E-state index is 0.0136. The van der Waals surface area contributed by atoms with Gasteiger partial charge in [-0.15, -0.1) is 11.3 Å². The van der Waals surface area contributed by atoms with E-state index < -0.39 is 0 Å². The summed E-state index contributed by atoms with van der Waals surface area (Å²) in [6.45, 7) is 2.92. The van der Waals surface area contributed by atoms with Crippen LogP contribution >= 0.6 is 27.3 Å². The van der Waals surface area contributed by atoms with Crippen LogP contribution < -0.4 is 15.2 Å². The van der Waals surface area contributed by atoms with Crippen LogP contribution in [0.4, 0.5) is 0 Å². The SMILES string of the molecule is CCOc1cc(C(=N)N)ccc1OCc1cc(Br)cs1. The summed E-state index contributed by atoms with van der Waals surface area (Å²) in [6.07, 6.45) is 0. The van der Waals surface area contributed by atoms with Crippen molar-refractivity contribution in [2.24, 2.45) is 5.73 Å². The lowest BCUT2D eigenvalue weighted by molar-refractivity contribution is 0.271. The van der Waals surface area contributed by atoms with Crippen LogP contribution in [0.3, 0.4) is 0 Å². The van der Waals surface area contributed by atoms with Crippen molar-refractivity contribution in [2.45, 2.75) is 13.5 Å². The fourth-order valence-electron chi connectivity index (χ4n) is 1.64. The van der Waals surface area contributed by atoms with E-state index >= 15 is 0 Å². The van der Waals surface area contributed by atoms with E-state index in [0.717, 1.165) is 9.35 Å². The van der Waals surface area contributed by atoms with Gasteiger partial charge in [0.1, 0.15) is 12.4 Å². The second-order valence-electron chi connectivity index (χ2n) is 4.03. The fraction of sp³-hybridized carbons (Fsp3) is 0.214. The van der Waals surface area contributed by atoms with E-state index in [0.29, 0.717) is 30.3 Å². The van der Waals surface area contributed by atoms with Gasteiger partial charge in [0, 0.05) is 20.3 Å². The Morgan fingerprint density at radius 1 is 1.30 bits per heavy atom. The quantitative estimate of drug-likeness (QED) is 0.612. The second-order valence-corrected chi connectivity index (χ2v) is 5.94. The molecule has 1 aromatic heterocycles. The molecule has 2 rings (SSSR count). The molecule has 0 unspecified atom stereocenters. The average Bonchev–Trinajstić information content (AvgIpc) is 2.83. The molecule has 6 heteroatoms. The molecule has 0 bridgehead atoms. The summed E-state index contributed by atoms with van der Waals surface area (Å²) in [7, 11) is 0. The number of nitrogens with one attached hydrogen (secondary N) is 1. The van der Waals surface area contributed by atoms with E-state index in [1.54, 1.807) is 29.5 Å². The van der Waals surface area contributed by atoms with E-state index in [9.17, 15) is 0 Å². The highest BCUT2D eigenvalue weighted by atomic mass is 79.9. The van der Waals surface area contributed by atoms with Gasteiger partial charge in [0.2, 0.25) is 0 Å². The van der Waals surface area contributed by atoms with Gasteiger partial charge >= 0.3 is 0 Å². The van der Waals surface area contributed by atoms with Crippen LogP contribution in [0, 0.1) is 5.41 Å². The summed E-state index contributed by atoms with van der Waals surface area (Å²) < 4.78 is 12.4. The Morgan fingerprint density at radius 3 is 2.70 bits per heavy atom. The summed E-state index contributed by atoms with van der Waals surface area (Å²) in [4.78, 5) is 1.12. The second kappa shape index (κ2) is 6.76. The molecule has 0 spiro atoms. The molecule has 0 saturated carbocycles. The molecule has 0 aliphatic carbocycles. The number of rotatable bonds is 6. The monoisotopic (exact) mass is 354 g/mol. The molecule has 1 heterocycles. The first-order valence-electron chi connectivity index (χ1n) is 6.07. The summed E-state index contributed by atoms with van der Waals surface area (Å²) in [6, 6.07) is 7.29. The van der Waals surface area contributed by atoms with Gasteiger partial charge in [-0.2, -0.15) is 0 Å². The Morgan fingerprint density at radius 2 is 2.10 bits per heavy atom. The first kappa shape index (κ1) is 14.9. The molecule has 2 aromatic rings. The Labute approximate surface area is 130 Å². The molecule has 0 radical (unpaired) electrons. The van der Waals surface area contributed by atoms with Gasteiger partial charge in [-0.25, -0.2) is 0 Å². The highest BCUT2D eigenvalue weighted by Gasteiger charge is 2.09. The van der Waals surface area contributed by atoms with Crippen molar-refractivity contribution in [3.8, 4) is 11.5 Å². The highest BCUT2D eigenvalue weighted by molar-refractivity contribution is 9.10. The van der Waals surface area contributed by atoms with Crippen molar-refractivity contribution in [1.29, 1.82) is 5.41 Å². The Hall–Kier alpha value is -1.53. The Balaban J connectivity index is 2.15. The first-order chi connectivity index (χ1) is 9.60. The molecular weight excluding hydrogens is 340 g/mol. The third-order valence-corrected chi connectivity index (χ3v) is 4.22. The predicted octanol–water partition coefficient (Wildman–Crippen LogP) is 3.77. The number of nitrogen functional groups attached to an aromatic ring is 1. The summed E-state index contributed by atoms with van der Waals surface area (Å²) in [5.41, 5.74) is 6.10. The molecule has 4 nitrogen and oxygen atoms in total. The molecule has 0 atom stereocenters. The summed E-state index contributed by atoms with van der Waals surface area (Å²) in [5.74, 6) is 1.27. The first-order valence-corrected chi connectivity index (χ1v) is 7.74. The minimum Gasteiger partial charge on any atom is -0.490 e. The summed E-state index contributed by atoms with van der Waals surface area (Å²) >= 11 is 5.05. The van der Waals surface area contributed by atoms with Crippen LogP contribution in [0.5, 0.6) is 11.5 Å². The van der Waals surface area contributed by atoms with E-state index in [1.807, 2.05) is 18.4 Å². The third kappa shape index (κ3) is 3.74. The van der Waals surface area contributed by atoms with Crippen molar-refractivity contribution in [3.05, 3.63) is 44.6 Å². The Kier molecular flexibility index (Phi) is 5.03. The molecule has 1 aromatic carbocycles. The van der Waals surface area contributed by atoms with Gasteiger partial charge in [0.15, 0.2) is 11.5 Å². The van der Waals surface area contributed by atoms with Gasteiger partial charge in [-0.1, -0.05) is 0 Å². The zero-order chi connectivity index (χ0) is 14.5. The zero-order valence-electron chi connectivity index (χ0n) is 11.0. The predicted molar refractivity (Wildman–Crippen MR) is 85.0 cm³/mol. The van der Waals surface area contributed by atoms with Gasteiger partial charge in [0.25, 0.3) is 0 Å². The van der Waals surface area contributed by atoms with Crippen molar-refractivity contribution in [2.75, 3.05) is 6.61 Å². The van der Waals surface area contributed by atoms with Crippen LogP contribution in [-0.2, 0) is 6.61 Å². The maximum Gasteiger partial charge on any atom is 0.161 e. The molecule has 0 saturated heterocycles. The lowest BCUT2D eigenvalue weighted by Gasteiger charge is -2.12. The number of halogens is 1. The molecule has 0 amide bonds. The largest absolute Gasteiger partial charge is 0.490 e. The highest BCUT2D eigenvalue weighted by Crippen LogP contribution is 2.30. The molecule has 3 N–H and O–H groups in total. The van der Waals surface area contributed by atoms with Crippen LogP contribution in [0.15, 0.2) is 34.1 Å². The van der Waals surface area contributed by atoms with E-state index in [-0.39, 0.29) is 5.84 Å². The number of hydrogen-bond donors (Lipinski definition) is 2. The van der Waals surface area contributed by atoms with E-state index in [1.165, 1.54) is 0 Å². The molecular formula is C14H15BrN2O2S. The van der Waals surface area contributed by atoms with Crippen molar-refractivity contribution >= 4 is 33.1 Å². The van der Waals surface area contributed by atoms with E-state index in [4.69, 9.17) is 20.6 Å². The number of ether oxygens (including phenoxy) is 2. The topological polar surface area (TPSA) is 68.3 Å². The number of thiophene rings is 1. The minimum atomic E-state index is 0.0136. The maximum absolute atomic E-state index is 7.45. The molecule has 0 fully saturated rings. The van der Waals surface area contributed by atoms with Gasteiger partial charge in [-0.3, -0.25) is 5.41 Å².